The number of anilines is 2. The molecular weight excluding hydrogens is 334 g/mol. The van der Waals surface area contributed by atoms with E-state index in [-0.39, 0.29) is 5.78 Å². The van der Waals surface area contributed by atoms with Crippen LogP contribution in [0, 0.1) is 11.7 Å². The standard InChI is InChI=1S/C18H23N5OS/c1-4-23-13(2)16(14(3)24)17(20-18(23)25)22-11-9-21(10-12-22)15-7-5-6-8-19-15/h5-8H,4,9-12H2,1-3H3/p+1. The number of rotatable bonds is 4. The molecule has 1 fully saturated rings. The molecule has 132 valence electrons. The number of Topliss-reactive ketones (excluding diaryl/α,β-unsaturated/α-hetero) is 1. The second-order valence-electron chi connectivity index (χ2n) is 6.20. The zero-order chi connectivity index (χ0) is 18.0. The highest BCUT2D eigenvalue weighted by Gasteiger charge is 2.27. The summed E-state index contributed by atoms with van der Waals surface area (Å²) in [4.78, 5) is 24.6. The van der Waals surface area contributed by atoms with Crippen LogP contribution in [0.25, 0.3) is 0 Å². The Morgan fingerprint density at radius 2 is 1.92 bits per heavy atom. The molecule has 2 aromatic heterocycles. The third-order valence-corrected chi connectivity index (χ3v) is 5.02. The molecule has 3 heterocycles. The third kappa shape index (κ3) is 3.42. The number of aromatic nitrogens is 3. The number of aromatic amines is 1. The quantitative estimate of drug-likeness (QED) is 0.620. The molecule has 0 unspecified atom stereocenters. The Morgan fingerprint density at radius 3 is 2.48 bits per heavy atom. The monoisotopic (exact) mass is 358 g/mol. The first-order valence-electron chi connectivity index (χ1n) is 8.62. The van der Waals surface area contributed by atoms with Crippen molar-refractivity contribution in [1.29, 1.82) is 0 Å². The van der Waals surface area contributed by atoms with Crippen LogP contribution in [0.3, 0.4) is 0 Å². The Kier molecular flexibility index (Phi) is 5.13. The van der Waals surface area contributed by atoms with Crippen molar-refractivity contribution in [3.8, 4) is 0 Å². The largest absolute Gasteiger partial charge is 0.348 e. The van der Waals surface area contributed by atoms with Crippen LogP contribution in [-0.2, 0) is 6.54 Å². The predicted octanol–water partition coefficient (Wildman–Crippen LogP) is 2.28. The van der Waals surface area contributed by atoms with E-state index in [1.165, 1.54) is 0 Å². The molecule has 25 heavy (non-hydrogen) atoms. The molecule has 1 aliphatic rings. The fraction of sp³-hybridized carbons (Fsp3) is 0.444. The molecule has 0 spiro atoms. The number of hydrogen-bond donors (Lipinski definition) is 0. The number of carbonyl (C=O) groups is 1. The Morgan fingerprint density at radius 1 is 1.24 bits per heavy atom. The summed E-state index contributed by atoms with van der Waals surface area (Å²) in [5.41, 5.74) is 1.60. The minimum Gasteiger partial charge on any atom is -0.348 e. The Hall–Kier alpha value is -2.28. The van der Waals surface area contributed by atoms with E-state index in [1.807, 2.05) is 36.7 Å². The van der Waals surface area contributed by atoms with Crippen molar-refractivity contribution >= 4 is 29.6 Å². The molecule has 1 N–H and O–H groups in total. The average Bonchev–Trinajstić information content (AvgIpc) is 2.62. The minimum absolute atomic E-state index is 0.0380. The van der Waals surface area contributed by atoms with E-state index < -0.39 is 0 Å². The summed E-state index contributed by atoms with van der Waals surface area (Å²) in [6.07, 6.45) is 1.94. The van der Waals surface area contributed by atoms with Gasteiger partial charge in [-0.1, -0.05) is 6.07 Å². The maximum Gasteiger partial charge on any atom is 0.274 e. The van der Waals surface area contributed by atoms with E-state index in [0.717, 1.165) is 50.1 Å². The van der Waals surface area contributed by atoms with Gasteiger partial charge < -0.3 is 9.47 Å². The summed E-state index contributed by atoms with van der Waals surface area (Å²) < 4.78 is 2.46. The van der Waals surface area contributed by atoms with Gasteiger partial charge in [-0.15, -0.1) is 0 Å². The fourth-order valence-corrected chi connectivity index (χ4v) is 3.75. The highest BCUT2D eigenvalue weighted by molar-refractivity contribution is 7.71. The van der Waals surface area contributed by atoms with Gasteiger partial charge in [0.05, 0.1) is 24.8 Å². The molecule has 0 bridgehead atoms. The SMILES string of the molecule is CCn1c(C)c(C(C)=O)c(N2CCN(c3cccc[nH+]3)CC2)nc1=S. The summed E-state index contributed by atoms with van der Waals surface area (Å²) in [6, 6.07) is 6.08. The predicted molar refractivity (Wildman–Crippen MR) is 101 cm³/mol. The van der Waals surface area contributed by atoms with Crippen molar-refractivity contribution < 1.29 is 9.78 Å². The van der Waals surface area contributed by atoms with Gasteiger partial charge >= 0.3 is 0 Å². The summed E-state index contributed by atoms with van der Waals surface area (Å²) >= 11 is 5.44. The van der Waals surface area contributed by atoms with E-state index in [9.17, 15) is 4.79 Å². The Labute approximate surface area is 153 Å². The Bertz CT molecular complexity index is 825. The van der Waals surface area contributed by atoms with Gasteiger partial charge in [0.2, 0.25) is 4.77 Å². The van der Waals surface area contributed by atoms with E-state index in [2.05, 4.69) is 25.8 Å². The second-order valence-corrected chi connectivity index (χ2v) is 6.57. The number of pyridine rings is 1. The van der Waals surface area contributed by atoms with Crippen LogP contribution in [0.2, 0.25) is 0 Å². The van der Waals surface area contributed by atoms with Crippen LogP contribution >= 0.6 is 12.2 Å². The van der Waals surface area contributed by atoms with Gasteiger partial charge in [0.25, 0.3) is 5.82 Å². The molecule has 7 heteroatoms. The fourth-order valence-electron chi connectivity index (χ4n) is 3.40. The lowest BCUT2D eigenvalue weighted by molar-refractivity contribution is -0.364. The number of carbonyl (C=O) groups excluding carboxylic acids is 1. The number of nitrogens with zero attached hydrogens (tertiary/aromatic N) is 4. The zero-order valence-electron chi connectivity index (χ0n) is 15.0. The van der Waals surface area contributed by atoms with Crippen LogP contribution in [0.15, 0.2) is 24.4 Å². The van der Waals surface area contributed by atoms with Gasteiger partial charge in [0, 0.05) is 18.3 Å². The van der Waals surface area contributed by atoms with Gasteiger partial charge in [-0.05, 0) is 39.1 Å². The lowest BCUT2D eigenvalue weighted by Gasteiger charge is -2.33. The molecule has 0 amide bonds. The third-order valence-electron chi connectivity index (χ3n) is 4.70. The molecule has 2 aromatic rings. The van der Waals surface area contributed by atoms with E-state index in [4.69, 9.17) is 12.2 Å². The summed E-state index contributed by atoms with van der Waals surface area (Å²) in [5, 5.41) is 0. The van der Waals surface area contributed by atoms with Gasteiger partial charge in [-0.3, -0.25) is 9.69 Å². The maximum absolute atomic E-state index is 12.3. The highest BCUT2D eigenvalue weighted by atomic mass is 32.1. The summed E-state index contributed by atoms with van der Waals surface area (Å²) in [5.74, 6) is 1.88. The number of hydrogen-bond acceptors (Lipinski definition) is 5. The molecular formula is C18H24N5OS+. The molecule has 0 radical (unpaired) electrons. The molecule has 3 rings (SSSR count). The molecule has 0 aliphatic carbocycles. The molecule has 0 atom stereocenters. The maximum atomic E-state index is 12.3. The van der Waals surface area contributed by atoms with E-state index >= 15 is 0 Å². The Balaban J connectivity index is 1.88. The van der Waals surface area contributed by atoms with Crippen molar-refractivity contribution in [2.24, 2.45) is 0 Å². The van der Waals surface area contributed by atoms with Crippen molar-refractivity contribution in [3.63, 3.8) is 0 Å². The number of nitrogens with one attached hydrogen (secondary N) is 1. The van der Waals surface area contributed by atoms with Crippen LogP contribution < -0.4 is 14.8 Å². The normalized spacial score (nSPS) is 14.7. The van der Waals surface area contributed by atoms with Gasteiger partial charge in [0.15, 0.2) is 5.78 Å². The lowest BCUT2D eigenvalue weighted by Crippen LogP contribution is -2.48. The van der Waals surface area contributed by atoms with Crippen molar-refractivity contribution in [2.45, 2.75) is 27.3 Å². The highest BCUT2D eigenvalue weighted by Crippen LogP contribution is 2.24. The van der Waals surface area contributed by atoms with E-state index in [1.54, 1.807) is 6.92 Å². The summed E-state index contributed by atoms with van der Waals surface area (Å²) in [6.45, 7) is 9.64. The van der Waals surface area contributed by atoms with Crippen LogP contribution in [0.1, 0.15) is 29.9 Å². The average molecular weight is 358 g/mol. The minimum atomic E-state index is 0.0380. The van der Waals surface area contributed by atoms with Crippen LogP contribution in [0.5, 0.6) is 0 Å². The first-order valence-corrected chi connectivity index (χ1v) is 9.02. The molecule has 0 aromatic carbocycles. The van der Waals surface area contributed by atoms with Crippen molar-refractivity contribution in [2.75, 3.05) is 36.0 Å². The number of H-pyrrole nitrogens is 1. The smallest absolute Gasteiger partial charge is 0.274 e. The van der Waals surface area contributed by atoms with Gasteiger partial charge in [0.1, 0.15) is 18.9 Å². The molecule has 0 saturated carbocycles. The van der Waals surface area contributed by atoms with Gasteiger partial charge in [-0.2, -0.15) is 0 Å². The first kappa shape index (κ1) is 17.5. The van der Waals surface area contributed by atoms with Crippen LogP contribution in [-0.4, -0.2) is 41.5 Å². The number of ketones is 1. The molecule has 1 saturated heterocycles. The second kappa shape index (κ2) is 7.31. The summed E-state index contributed by atoms with van der Waals surface area (Å²) in [7, 11) is 0. The lowest BCUT2D eigenvalue weighted by atomic mass is 10.1. The topological polar surface area (TPSA) is 55.5 Å². The molecule has 6 nitrogen and oxygen atoms in total. The van der Waals surface area contributed by atoms with Crippen molar-refractivity contribution in [1.82, 2.24) is 9.55 Å². The zero-order valence-corrected chi connectivity index (χ0v) is 15.8. The molecule has 1 aliphatic heterocycles. The van der Waals surface area contributed by atoms with Crippen molar-refractivity contribution in [3.05, 3.63) is 40.4 Å². The van der Waals surface area contributed by atoms with Gasteiger partial charge in [-0.25, -0.2) is 9.97 Å². The van der Waals surface area contributed by atoms with Crippen LogP contribution in [0.4, 0.5) is 11.6 Å². The first-order chi connectivity index (χ1) is 12.0. The van der Waals surface area contributed by atoms with E-state index in [0.29, 0.717) is 10.3 Å². The number of piperazine rings is 1.